The lowest BCUT2D eigenvalue weighted by Gasteiger charge is -2.00. The van der Waals surface area contributed by atoms with E-state index in [1.165, 1.54) is 6.08 Å². The van der Waals surface area contributed by atoms with Crippen molar-refractivity contribution in [1.29, 1.82) is 0 Å². The number of rotatable bonds is 5. The average Bonchev–Trinajstić information content (AvgIpc) is 3.02. The Kier molecular flexibility index (Phi) is 4.59. The van der Waals surface area contributed by atoms with Gasteiger partial charge in [-0.15, -0.1) is 5.10 Å². The number of amides is 1. The third kappa shape index (κ3) is 4.38. The molecule has 23 heavy (non-hydrogen) atoms. The highest BCUT2D eigenvalue weighted by Crippen LogP contribution is 2.06. The molecule has 0 fully saturated rings. The van der Waals surface area contributed by atoms with Gasteiger partial charge in [-0.2, -0.15) is 0 Å². The summed E-state index contributed by atoms with van der Waals surface area (Å²) in [5.74, 6) is -0.200. The summed E-state index contributed by atoms with van der Waals surface area (Å²) in [4.78, 5) is 11.8. The maximum atomic E-state index is 11.8. The van der Waals surface area contributed by atoms with Crippen molar-refractivity contribution in [3.63, 3.8) is 0 Å². The van der Waals surface area contributed by atoms with Gasteiger partial charge in [0.15, 0.2) is 0 Å². The number of hydrogen-bond donors (Lipinski definition) is 1. The number of hydrogen-bond acceptors (Lipinski definition) is 3. The van der Waals surface area contributed by atoms with Gasteiger partial charge < -0.3 is 5.32 Å². The lowest BCUT2D eigenvalue weighted by atomic mass is 10.2. The van der Waals surface area contributed by atoms with E-state index in [4.69, 9.17) is 0 Å². The molecule has 3 aromatic rings. The molecule has 1 N–H and O–H groups in total. The van der Waals surface area contributed by atoms with Crippen LogP contribution in [-0.2, 0) is 11.3 Å². The van der Waals surface area contributed by atoms with Gasteiger partial charge >= 0.3 is 0 Å². The van der Waals surface area contributed by atoms with Crippen LogP contribution in [0.2, 0.25) is 0 Å². The number of aromatic nitrogens is 3. The van der Waals surface area contributed by atoms with Gasteiger partial charge in [0.05, 0.1) is 12.7 Å². The Hall–Kier alpha value is -3.21. The summed E-state index contributed by atoms with van der Waals surface area (Å²) in [7, 11) is 0. The lowest BCUT2D eigenvalue weighted by Crippen LogP contribution is -2.07. The molecule has 0 unspecified atom stereocenters. The predicted molar refractivity (Wildman–Crippen MR) is 89.7 cm³/mol. The van der Waals surface area contributed by atoms with Crippen LogP contribution in [-0.4, -0.2) is 20.9 Å². The summed E-state index contributed by atoms with van der Waals surface area (Å²) in [5.41, 5.74) is 2.55. The number of carbonyl (C=O) groups is 1. The molecule has 0 atom stereocenters. The number of nitrogens with zero attached hydrogens (tertiary/aromatic N) is 3. The number of nitrogens with one attached hydrogen (secondary N) is 1. The molecular weight excluding hydrogens is 288 g/mol. The summed E-state index contributed by atoms with van der Waals surface area (Å²) in [6.07, 6.45) is 4.90. The summed E-state index contributed by atoms with van der Waals surface area (Å²) in [5, 5.41) is 10.9. The zero-order valence-electron chi connectivity index (χ0n) is 12.5. The molecule has 0 bridgehead atoms. The first kappa shape index (κ1) is 14.7. The Balaban J connectivity index is 1.59. The van der Waals surface area contributed by atoms with E-state index >= 15 is 0 Å². The average molecular weight is 304 g/mol. The molecule has 0 saturated heterocycles. The van der Waals surface area contributed by atoms with Crippen molar-refractivity contribution in [3.8, 4) is 0 Å². The van der Waals surface area contributed by atoms with Gasteiger partial charge in [-0.05, 0) is 23.8 Å². The molecule has 0 spiro atoms. The van der Waals surface area contributed by atoms with Gasteiger partial charge in [0.25, 0.3) is 0 Å². The normalized spacial score (nSPS) is 10.8. The van der Waals surface area contributed by atoms with E-state index in [2.05, 4.69) is 15.6 Å². The van der Waals surface area contributed by atoms with Crippen molar-refractivity contribution in [2.75, 3.05) is 5.32 Å². The van der Waals surface area contributed by atoms with E-state index < -0.39 is 0 Å². The Morgan fingerprint density at radius 2 is 1.74 bits per heavy atom. The van der Waals surface area contributed by atoms with Crippen LogP contribution in [0.1, 0.15) is 11.3 Å². The molecule has 2 aromatic carbocycles. The first-order chi connectivity index (χ1) is 11.3. The van der Waals surface area contributed by atoms with Gasteiger partial charge in [-0.1, -0.05) is 53.7 Å². The van der Waals surface area contributed by atoms with Crippen molar-refractivity contribution in [2.45, 2.75) is 6.54 Å². The van der Waals surface area contributed by atoms with Crippen LogP contribution >= 0.6 is 0 Å². The van der Waals surface area contributed by atoms with Gasteiger partial charge in [0.2, 0.25) is 5.91 Å². The molecule has 0 aliphatic heterocycles. The van der Waals surface area contributed by atoms with E-state index in [0.717, 1.165) is 11.3 Å². The molecule has 0 aliphatic rings. The fraction of sp³-hybridized carbons (Fsp3) is 0.0556. The van der Waals surface area contributed by atoms with Gasteiger partial charge in [0, 0.05) is 11.8 Å². The Morgan fingerprint density at radius 1 is 1.04 bits per heavy atom. The summed E-state index contributed by atoms with van der Waals surface area (Å²) in [6.45, 7) is 0.651. The van der Waals surface area contributed by atoms with Gasteiger partial charge in [0.1, 0.15) is 5.69 Å². The molecule has 0 saturated carbocycles. The van der Waals surface area contributed by atoms with Crippen LogP contribution in [0.15, 0.2) is 72.9 Å². The second-order valence-corrected chi connectivity index (χ2v) is 5.02. The highest BCUT2D eigenvalue weighted by Gasteiger charge is 2.00. The molecule has 1 amide bonds. The van der Waals surface area contributed by atoms with Crippen LogP contribution in [0.3, 0.4) is 0 Å². The van der Waals surface area contributed by atoms with Gasteiger partial charge in [-0.3, -0.25) is 4.79 Å². The number of carbonyl (C=O) groups excluding carboxylic acids is 1. The maximum Gasteiger partial charge on any atom is 0.248 e. The van der Waals surface area contributed by atoms with Crippen LogP contribution in [0.25, 0.3) is 6.08 Å². The van der Waals surface area contributed by atoms with Crippen molar-refractivity contribution in [2.24, 2.45) is 0 Å². The third-order valence-electron chi connectivity index (χ3n) is 3.19. The second kappa shape index (κ2) is 7.17. The fourth-order valence-corrected chi connectivity index (χ4v) is 2.10. The first-order valence-electron chi connectivity index (χ1n) is 7.28. The molecule has 1 heterocycles. The highest BCUT2D eigenvalue weighted by atomic mass is 16.1. The Morgan fingerprint density at radius 3 is 2.48 bits per heavy atom. The monoisotopic (exact) mass is 304 g/mol. The summed E-state index contributed by atoms with van der Waals surface area (Å²) in [6, 6.07) is 19.3. The summed E-state index contributed by atoms with van der Waals surface area (Å²) < 4.78 is 1.74. The molecule has 0 radical (unpaired) electrons. The Labute approximate surface area is 134 Å². The van der Waals surface area contributed by atoms with Crippen molar-refractivity contribution < 1.29 is 4.79 Å². The molecule has 5 nitrogen and oxygen atoms in total. The van der Waals surface area contributed by atoms with Crippen molar-refractivity contribution >= 4 is 17.7 Å². The molecule has 3 rings (SSSR count). The zero-order valence-corrected chi connectivity index (χ0v) is 12.5. The minimum absolute atomic E-state index is 0.200. The standard InChI is InChI=1S/C18H16N4O/c23-18(19-16-9-5-2-6-10-16)12-11-17-14-22(21-20-17)13-15-7-3-1-4-8-15/h1-12,14H,13H2,(H,19,23). The van der Waals surface area contributed by atoms with Crippen LogP contribution < -0.4 is 5.32 Å². The number of para-hydroxylation sites is 1. The minimum atomic E-state index is -0.200. The van der Waals surface area contributed by atoms with Crippen molar-refractivity contribution in [3.05, 3.63) is 84.2 Å². The van der Waals surface area contributed by atoms with E-state index in [1.54, 1.807) is 17.0 Å². The maximum absolute atomic E-state index is 11.8. The van der Waals surface area contributed by atoms with E-state index in [1.807, 2.05) is 60.7 Å². The van der Waals surface area contributed by atoms with E-state index in [9.17, 15) is 4.79 Å². The Bertz CT molecular complexity index is 794. The largest absolute Gasteiger partial charge is 0.323 e. The molecule has 5 heteroatoms. The summed E-state index contributed by atoms with van der Waals surface area (Å²) >= 11 is 0. The predicted octanol–water partition coefficient (Wildman–Crippen LogP) is 2.98. The van der Waals surface area contributed by atoms with Crippen molar-refractivity contribution in [1.82, 2.24) is 15.0 Å². The quantitative estimate of drug-likeness (QED) is 0.737. The number of benzene rings is 2. The lowest BCUT2D eigenvalue weighted by molar-refractivity contribution is -0.111. The van der Waals surface area contributed by atoms with Crippen LogP contribution in [0.5, 0.6) is 0 Å². The van der Waals surface area contributed by atoms with Crippen LogP contribution in [0, 0.1) is 0 Å². The molecule has 114 valence electrons. The van der Waals surface area contributed by atoms with E-state index in [-0.39, 0.29) is 5.91 Å². The highest BCUT2D eigenvalue weighted by molar-refractivity contribution is 6.01. The topological polar surface area (TPSA) is 59.8 Å². The minimum Gasteiger partial charge on any atom is -0.323 e. The second-order valence-electron chi connectivity index (χ2n) is 5.02. The third-order valence-corrected chi connectivity index (χ3v) is 3.19. The number of anilines is 1. The fourth-order valence-electron chi connectivity index (χ4n) is 2.10. The van der Waals surface area contributed by atoms with Crippen LogP contribution in [0.4, 0.5) is 5.69 Å². The molecule has 0 aliphatic carbocycles. The zero-order chi connectivity index (χ0) is 15.9. The SMILES string of the molecule is O=C(C=Cc1cn(Cc2ccccc2)nn1)Nc1ccccc1. The smallest absolute Gasteiger partial charge is 0.248 e. The molecular formula is C18H16N4O. The van der Waals surface area contributed by atoms with E-state index in [0.29, 0.717) is 12.2 Å². The molecule has 1 aromatic heterocycles. The van der Waals surface area contributed by atoms with Gasteiger partial charge in [-0.25, -0.2) is 4.68 Å². The first-order valence-corrected chi connectivity index (χ1v) is 7.28.